The number of benzene rings is 1. The summed E-state index contributed by atoms with van der Waals surface area (Å²) < 4.78 is 10.7. The molecule has 1 aromatic carbocycles. The fourth-order valence-corrected chi connectivity index (χ4v) is 1.76. The molecule has 0 aliphatic heterocycles. The molecule has 0 aliphatic rings. The summed E-state index contributed by atoms with van der Waals surface area (Å²) in [6, 6.07) is 5.61. The largest absolute Gasteiger partial charge is 0.493 e. The minimum absolute atomic E-state index is 0.00896. The molecule has 0 unspecified atom stereocenters. The molecule has 0 N–H and O–H groups in total. The minimum Gasteiger partial charge on any atom is -0.493 e. The highest BCUT2D eigenvalue weighted by molar-refractivity contribution is 6.27. The molecule has 0 spiro atoms. The first kappa shape index (κ1) is 14.6. The van der Waals surface area contributed by atoms with E-state index in [4.69, 9.17) is 21.1 Å². The number of ether oxygens (including phenoxy) is 2. The second-order valence-corrected chi connectivity index (χ2v) is 4.07. The number of methoxy groups -OCH3 is 1. The Morgan fingerprint density at radius 3 is 2.67 bits per heavy atom. The Hall–Kier alpha value is -1.42. The predicted molar refractivity (Wildman–Crippen MR) is 71.4 cm³/mol. The van der Waals surface area contributed by atoms with Crippen molar-refractivity contribution in [3.63, 3.8) is 0 Å². The zero-order chi connectivity index (χ0) is 13.5. The molecule has 0 atom stereocenters. The molecule has 4 nitrogen and oxygen atoms in total. The van der Waals surface area contributed by atoms with E-state index >= 15 is 0 Å². The van der Waals surface area contributed by atoms with Gasteiger partial charge in [0, 0.05) is 13.6 Å². The van der Waals surface area contributed by atoms with Crippen molar-refractivity contribution in [3.8, 4) is 11.5 Å². The third-order valence-electron chi connectivity index (χ3n) is 2.49. The maximum absolute atomic E-state index is 11.4. The number of carbonyl (C=O) groups is 1. The highest BCUT2D eigenvalue weighted by Crippen LogP contribution is 2.28. The topological polar surface area (TPSA) is 38.8 Å². The molecule has 1 aromatic rings. The molecule has 0 aromatic heterocycles. The van der Waals surface area contributed by atoms with E-state index < -0.39 is 0 Å². The highest BCUT2D eigenvalue weighted by Gasteiger charge is 2.10. The first-order valence-electron chi connectivity index (χ1n) is 5.72. The van der Waals surface area contributed by atoms with Crippen molar-refractivity contribution in [2.45, 2.75) is 13.5 Å². The van der Waals surface area contributed by atoms with Crippen molar-refractivity contribution < 1.29 is 14.3 Å². The molecule has 0 heterocycles. The molecule has 1 rings (SSSR count). The SMILES string of the molecule is CCOc1cc(CN(C)C(=O)CCl)ccc1OC. The Labute approximate surface area is 112 Å². The normalized spacial score (nSPS) is 10.0. The van der Waals surface area contributed by atoms with E-state index in [0.29, 0.717) is 24.7 Å². The summed E-state index contributed by atoms with van der Waals surface area (Å²) in [6.07, 6.45) is 0. The van der Waals surface area contributed by atoms with E-state index in [2.05, 4.69) is 0 Å². The Balaban J connectivity index is 2.84. The minimum atomic E-state index is -0.106. The first-order chi connectivity index (χ1) is 8.62. The number of nitrogens with zero attached hydrogens (tertiary/aromatic N) is 1. The van der Waals surface area contributed by atoms with Crippen molar-refractivity contribution in [2.75, 3.05) is 26.6 Å². The van der Waals surface area contributed by atoms with Crippen LogP contribution in [0.2, 0.25) is 0 Å². The Kier molecular flexibility index (Phi) is 5.78. The standard InChI is InChI=1S/C13H18ClNO3/c1-4-18-12-7-10(5-6-11(12)17-3)9-15(2)13(16)8-14/h5-7H,4,8-9H2,1-3H3. The van der Waals surface area contributed by atoms with E-state index in [1.807, 2.05) is 25.1 Å². The van der Waals surface area contributed by atoms with Gasteiger partial charge in [0.1, 0.15) is 5.88 Å². The smallest absolute Gasteiger partial charge is 0.237 e. The van der Waals surface area contributed by atoms with Gasteiger partial charge < -0.3 is 14.4 Å². The van der Waals surface area contributed by atoms with Gasteiger partial charge in [-0.15, -0.1) is 11.6 Å². The number of hydrogen-bond donors (Lipinski definition) is 0. The van der Waals surface area contributed by atoms with E-state index in [0.717, 1.165) is 5.56 Å². The lowest BCUT2D eigenvalue weighted by molar-refractivity contribution is -0.127. The molecule has 1 amide bonds. The van der Waals surface area contributed by atoms with Gasteiger partial charge in [-0.3, -0.25) is 4.79 Å². The van der Waals surface area contributed by atoms with E-state index in [-0.39, 0.29) is 11.8 Å². The number of alkyl halides is 1. The van der Waals surface area contributed by atoms with Crippen molar-refractivity contribution >= 4 is 17.5 Å². The summed E-state index contributed by atoms with van der Waals surface area (Å²) >= 11 is 5.51. The molecule has 0 saturated carbocycles. The number of halogens is 1. The average molecular weight is 272 g/mol. The van der Waals surface area contributed by atoms with Gasteiger partial charge in [-0.2, -0.15) is 0 Å². The van der Waals surface area contributed by atoms with Crippen LogP contribution >= 0.6 is 11.6 Å². The van der Waals surface area contributed by atoms with Crippen LogP contribution in [0, 0.1) is 0 Å². The van der Waals surface area contributed by atoms with Crippen molar-refractivity contribution in [3.05, 3.63) is 23.8 Å². The van der Waals surface area contributed by atoms with E-state index in [9.17, 15) is 4.79 Å². The average Bonchev–Trinajstić information content (AvgIpc) is 2.38. The molecule has 0 bridgehead atoms. The van der Waals surface area contributed by atoms with Crippen LogP contribution < -0.4 is 9.47 Å². The van der Waals surface area contributed by atoms with E-state index in [1.165, 1.54) is 0 Å². The highest BCUT2D eigenvalue weighted by atomic mass is 35.5. The molecular formula is C13H18ClNO3. The maximum atomic E-state index is 11.4. The van der Waals surface area contributed by atoms with Crippen LogP contribution in [-0.4, -0.2) is 37.5 Å². The van der Waals surface area contributed by atoms with Crippen LogP contribution in [0.3, 0.4) is 0 Å². The molecule has 0 saturated heterocycles. The van der Waals surface area contributed by atoms with Gasteiger partial charge in [0.2, 0.25) is 5.91 Å². The van der Waals surface area contributed by atoms with Crippen LogP contribution in [0.5, 0.6) is 11.5 Å². The zero-order valence-electron chi connectivity index (χ0n) is 10.9. The molecule has 0 aliphatic carbocycles. The summed E-state index contributed by atoms with van der Waals surface area (Å²) in [5, 5.41) is 0. The zero-order valence-corrected chi connectivity index (χ0v) is 11.7. The number of carbonyl (C=O) groups excluding carboxylic acids is 1. The van der Waals surface area contributed by atoms with Gasteiger partial charge in [0.25, 0.3) is 0 Å². The number of hydrogen-bond acceptors (Lipinski definition) is 3. The Morgan fingerprint density at radius 1 is 1.39 bits per heavy atom. The summed E-state index contributed by atoms with van der Waals surface area (Å²) in [6.45, 7) is 2.97. The van der Waals surface area contributed by atoms with Crippen molar-refractivity contribution in [2.24, 2.45) is 0 Å². The third kappa shape index (κ3) is 3.81. The third-order valence-corrected chi connectivity index (χ3v) is 2.72. The van der Waals surface area contributed by atoms with Gasteiger partial charge in [0.15, 0.2) is 11.5 Å². The summed E-state index contributed by atoms with van der Waals surface area (Å²) in [5.41, 5.74) is 0.972. The van der Waals surface area contributed by atoms with Gasteiger partial charge >= 0.3 is 0 Å². The fraction of sp³-hybridized carbons (Fsp3) is 0.462. The van der Waals surface area contributed by atoms with Crippen LogP contribution in [0.4, 0.5) is 0 Å². The van der Waals surface area contributed by atoms with Crippen LogP contribution in [-0.2, 0) is 11.3 Å². The second kappa shape index (κ2) is 7.11. The first-order valence-corrected chi connectivity index (χ1v) is 6.25. The lowest BCUT2D eigenvalue weighted by Gasteiger charge is -2.17. The molecule has 0 radical (unpaired) electrons. The van der Waals surface area contributed by atoms with Gasteiger partial charge in [-0.1, -0.05) is 6.07 Å². The quantitative estimate of drug-likeness (QED) is 0.745. The molecule has 5 heteroatoms. The van der Waals surface area contributed by atoms with Crippen LogP contribution in [0.25, 0.3) is 0 Å². The van der Waals surface area contributed by atoms with E-state index in [1.54, 1.807) is 19.1 Å². The lowest BCUT2D eigenvalue weighted by atomic mass is 10.2. The Morgan fingerprint density at radius 2 is 2.11 bits per heavy atom. The lowest BCUT2D eigenvalue weighted by Crippen LogP contribution is -2.27. The molecule has 0 fully saturated rings. The second-order valence-electron chi connectivity index (χ2n) is 3.80. The van der Waals surface area contributed by atoms with Gasteiger partial charge in [-0.25, -0.2) is 0 Å². The van der Waals surface area contributed by atoms with Gasteiger partial charge in [-0.05, 0) is 24.6 Å². The number of amides is 1. The van der Waals surface area contributed by atoms with Crippen LogP contribution in [0.15, 0.2) is 18.2 Å². The Bertz CT molecular complexity index is 409. The summed E-state index contributed by atoms with van der Waals surface area (Å²) in [4.78, 5) is 13.0. The summed E-state index contributed by atoms with van der Waals surface area (Å²) in [7, 11) is 3.32. The maximum Gasteiger partial charge on any atom is 0.237 e. The predicted octanol–water partition coefficient (Wildman–Crippen LogP) is 2.29. The van der Waals surface area contributed by atoms with Gasteiger partial charge in [0.05, 0.1) is 13.7 Å². The fourth-order valence-electron chi connectivity index (χ4n) is 1.55. The van der Waals surface area contributed by atoms with Crippen molar-refractivity contribution in [1.29, 1.82) is 0 Å². The molecule has 100 valence electrons. The summed E-state index contributed by atoms with van der Waals surface area (Å²) in [5.74, 6) is 1.26. The van der Waals surface area contributed by atoms with Crippen LogP contribution in [0.1, 0.15) is 12.5 Å². The number of rotatable bonds is 6. The molecular weight excluding hydrogens is 254 g/mol. The van der Waals surface area contributed by atoms with Crippen molar-refractivity contribution in [1.82, 2.24) is 4.90 Å². The monoisotopic (exact) mass is 271 g/mol. The molecule has 18 heavy (non-hydrogen) atoms.